The maximum absolute atomic E-state index is 11.4. The Morgan fingerprint density at radius 2 is 1.62 bits per heavy atom. The van der Waals surface area contributed by atoms with Gasteiger partial charge in [0.1, 0.15) is 0 Å². The predicted octanol–water partition coefficient (Wildman–Crippen LogP) is 3.72. The van der Waals surface area contributed by atoms with Crippen LogP contribution in [0.5, 0.6) is 0 Å². The second kappa shape index (κ2) is 5.15. The molecule has 88 valence electrons. The fourth-order valence-corrected chi connectivity index (χ4v) is 1.85. The van der Waals surface area contributed by atoms with Gasteiger partial charge in [0.05, 0.1) is 12.7 Å². The first-order valence-corrected chi connectivity index (χ1v) is 5.69. The number of rotatable bonds is 3. The number of ether oxygens (including phenoxy) is 1. The summed E-state index contributed by atoms with van der Waals surface area (Å²) >= 11 is 0. The SMILES string of the molecule is COC(=O)c1ccc(C(C)C)c(C(C)C)c1. The molecule has 0 aliphatic heterocycles. The molecule has 0 unspecified atom stereocenters. The summed E-state index contributed by atoms with van der Waals surface area (Å²) in [6.07, 6.45) is 0. The van der Waals surface area contributed by atoms with Crippen molar-refractivity contribution in [2.75, 3.05) is 7.11 Å². The first-order valence-electron chi connectivity index (χ1n) is 5.69. The third-order valence-electron chi connectivity index (χ3n) is 2.75. The van der Waals surface area contributed by atoms with E-state index in [0.717, 1.165) is 0 Å². The maximum atomic E-state index is 11.4. The minimum absolute atomic E-state index is 0.266. The highest BCUT2D eigenvalue weighted by Gasteiger charge is 2.13. The van der Waals surface area contributed by atoms with Gasteiger partial charge in [-0.15, -0.1) is 0 Å². The summed E-state index contributed by atoms with van der Waals surface area (Å²) in [5.74, 6) is 0.628. The number of benzene rings is 1. The van der Waals surface area contributed by atoms with Crippen molar-refractivity contribution in [2.24, 2.45) is 0 Å². The largest absolute Gasteiger partial charge is 0.465 e. The fraction of sp³-hybridized carbons (Fsp3) is 0.500. The zero-order chi connectivity index (χ0) is 12.3. The van der Waals surface area contributed by atoms with Gasteiger partial charge in [-0.3, -0.25) is 0 Å². The molecule has 0 N–H and O–H groups in total. The van der Waals surface area contributed by atoms with Crippen LogP contribution in [0.2, 0.25) is 0 Å². The Balaban J connectivity index is 3.22. The van der Waals surface area contributed by atoms with Crippen LogP contribution in [0.15, 0.2) is 18.2 Å². The molecule has 1 aromatic carbocycles. The molecule has 0 saturated heterocycles. The molecule has 0 aliphatic rings. The number of methoxy groups -OCH3 is 1. The third kappa shape index (κ3) is 2.63. The minimum Gasteiger partial charge on any atom is -0.465 e. The Morgan fingerprint density at radius 3 is 2.06 bits per heavy atom. The number of esters is 1. The highest BCUT2D eigenvalue weighted by molar-refractivity contribution is 5.89. The summed E-state index contributed by atoms with van der Waals surface area (Å²) in [6, 6.07) is 5.82. The number of hydrogen-bond donors (Lipinski definition) is 0. The molecule has 1 rings (SSSR count). The van der Waals surface area contributed by atoms with Crippen LogP contribution in [0, 0.1) is 0 Å². The standard InChI is InChI=1S/C14H20O2/c1-9(2)12-7-6-11(14(15)16-5)8-13(12)10(3)4/h6-10H,1-5H3. The molecule has 0 radical (unpaired) electrons. The van der Waals surface area contributed by atoms with Gasteiger partial charge in [-0.25, -0.2) is 4.79 Å². The van der Waals surface area contributed by atoms with Crippen molar-refractivity contribution in [2.45, 2.75) is 39.5 Å². The van der Waals surface area contributed by atoms with E-state index in [-0.39, 0.29) is 5.97 Å². The van der Waals surface area contributed by atoms with E-state index in [0.29, 0.717) is 17.4 Å². The van der Waals surface area contributed by atoms with Crippen molar-refractivity contribution in [1.82, 2.24) is 0 Å². The molecule has 0 bridgehead atoms. The highest BCUT2D eigenvalue weighted by Crippen LogP contribution is 2.27. The van der Waals surface area contributed by atoms with Crippen molar-refractivity contribution in [3.8, 4) is 0 Å². The topological polar surface area (TPSA) is 26.3 Å². The average Bonchev–Trinajstić information content (AvgIpc) is 2.26. The molecule has 0 aliphatic carbocycles. The van der Waals surface area contributed by atoms with E-state index < -0.39 is 0 Å². The van der Waals surface area contributed by atoms with Crippen LogP contribution in [-0.4, -0.2) is 13.1 Å². The molecular weight excluding hydrogens is 200 g/mol. The van der Waals surface area contributed by atoms with Crippen molar-refractivity contribution >= 4 is 5.97 Å². The Labute approximate surface area is 97.6 Å². The summed E-state index contributed by atoms with van der Waals surface area (Å²) in [5.41, 5.74) is 3.18. The lowest BCUT2D eigenvalue weighted by molar-refractivity contribution is 0.0600. The van der Waals surface area contributed by atoms with E-state index >= 15 is 0 Å². The lowest BCUT2D eigenvalue weighted by Crippen LogP contribution is -2.05. The second-order valence-electron chi connectivity index (χ2n) is 4.64. The van der Waals surface area contributed by atoms with Gasteiger partial charge in [-0.05, 0) is 35.1 Å². The van der Waals surface area contributed by atoms with Gasteiger partial charge in [0.15, 0.2) is 0 Å². The first-order chi connectivity index (χ1) is 7.47. The summed E-state index contributed by atoms with van der Waals surface area (Å²) in [4.78, 5) is 11.4. The van der Waals surface area contributed by atoms with Crippen molar-refractivity contribution in [3.63, 3.8) is 0 Å². The van der Waals surface area contributed by atoms with Crippen LogP contribution >= 0.6 is 0 Å². The molecule has 2 heteroatoms. The van der Waals surface area contributed by atoms with E-state index in [4.69, 9.17) is 4.74 Å². The second-order valence-corrected chi connectivity index (χ2v) is 4.64. The van der Waals surface area contributed by atoms with Crippen LogP contribution in [0.1, 0.15) is 61.0 Å². The van der Waals surface area contributed by atoms with Gasteiger partial charge >= 0.3 is 5.97 Å². The van der Waals surface area contributed by atoms with E-state index in [1.807, 2.05) is 18.2 Å². The molecule has 0 fully saturated rings. The molecule has 0 aromatic heterocycles. The molecule has 0 heterocycles. The highest BCUT2D eigenvalue weighted by atomic mass is 16.5. The number of carbonyl (C=O) groups excluding carboxylic acids is 1. The summed E-state index contributed by atoms with van der Waals surface area (Å²) in [7, 11) is 1.41. The number of carbonyl (C=O) groups is 1. The molecule has 1 aromatic rings. The minimum atomic E-state index is -0.266. The quantitative estimate of drug-likeness (QED) is 0.726. The smallest absolute Gasteiger partial charge is 0.337 e. The van der Waals surface area contributed by atoms with E-state index in [1.165, 1.54) is 18.2 Å². The van der Waals surface area contributed by atoms with E-state index in [1.54, 1.807) is 0 Å². The molecule has 2 nitrogen and oxygen atoms in total. The summed E-state index contributed by atoms with van der Waals surface area (Å²) in [6.45, 7) is 8.61. The normalized spacial score (nSPS) is 10.9. The third-order valence-corrected chi connectivity index (χ3v) is 2.75. The molecule has 0 spiro atoms. The summed E-state index contributed by atoms with van der Waals surface area (Å²) < 4.78 is 4.73. The van der Waals surface area contributed by atoms with Gasteiger partial charge in [0.2, 0.25) is 0 Å². The van der Waals surface area contributed by atoms with Crippen molar-refractivity contribution in [1.29, 1.82) is 0 Å². The van der Waals surface area contributed by atoms with Crippen LogP contribution in [0.4, 0.5) is 0 Å². The van der Waals surface area contributed by atoms with Crippen molar-refractivity contribution < 1.29 is 9.53 Å². The van der Waals surface area contributed by atoms with Gasteiger partial charge < -0.3 is 4.74 Å². The Kier molecular flexibility index (Phi) is 4.11. The van der Waals surface area contributed by atoms with Crippen LogP contribution in [-0.2, 0) is 4.74 Å². The Hall–Kier alpha value is -1.31. The average molecular weight is 220 g/mol. The van der Waals surface area contributed by atoms with Crippen molar-refractivity contribution in [3.05, 3.63) is 34.9 Å². The first kappa shape index (κ1) is 12.8. The zero-order valence-corrected chi connectivity index (χ0v) is 10.7. The molecular formula is C14H20O2. The molecule has 0 amide bonds. The zero-order valence-electron chi connectivity index (χ0n) is 10.7. The van der Waals surface area contributed by atoms with E-state index in [2.05, 4.69) is 27.7 Å². The molecule has 16 heavy (non-hydrogen) atoms. The van der Waals surface area contributed by atoms with Crippen LogP contribution < -0.4 is 0 Å². The lowest BCUT2D eigenvalue weighted by Gasteiger charge is -2.16. The molecule has 0 atom stereocenters. The molecule has 0 saturated carbocycles. The predicted molar refractivity (Wildman–Crippen MR) is 66.0 cm³/mol. The van der Waals surface area contributed by atoms with E-state index in [9.17, 15) is 4.79 Å². The maximum Gasteiger partial charge on any atom is 0.337 e. The van der Waals surface area contributed by atoms with Crippen LogP contribution in [0.25, 0.3) is 0 Å². The number of hydrogen-bond acceptors (Lipinski definition) is 2. The monoisotopic (exact) mass is 220 g/mol. The van der Waals surface area contributed by atoms with Gasteiger partial charge in [-0.2, -0.15) is 0 Å². The van der Waals surface area contributed by atoms with Gasteiger partial charge in [0, 0.05) is 0 Å². The van der Waals surface area contributed by atoms with Gasteiger partial charge in [0.25, 0.3) is 0 Å². The fourth-order valence-electron chi connectivity index (χ4n) is 1.85. The van der Waals surface area contributed by atoms with Crippen LogP contribution in [0.3, 0.4) is 0 Å². The van der Waals surface area contributed by atoms with Gasteiger partial charge in [-0.1, -0.05) is 33.8 Å². The summed E-state index contributed by atoms with van der Waals surface area (Å²) in [5, 5.41) is 0. The Morgan fingerprint density at radius 1 is 1.06 bits per heavy atom. The lowest BCUT2D eigenvalue weighted by atomic mass is 9.89. The Bertz CT molecular complexity index is 378.